The summed E-state index contributed by atoms with van der Waals surface area (Å²) in [5, 5.41) is 1.23. The minimum Gasteiger partial charge on any atom is -0.370 e. The fourth-order valence-electron chi connectivity index (χ4n) is 1.94. The van der Waals surface area contributed by atoms with Crippen molar-refractivity contribution in [3.63, 3.8) is 0 Å². The zero-order chi connectivity index (χ0) is 11.5. The number of nitrogens with zero attached hydrogens (tertiary/aromatic N) is 2. The van der Waals surface area contributed by atoms with Gasteiger partial charge in [0.15, 0.2) is 5.96 Å². The fraction of sp³-hybridized carbons (Fsp3) is 0.250. The van der Waals surface area contributed by atoms with E-state index in [1.165, 1.54) is 10.9 Å². The standard InChI is InChI=1S/C12H16N4/c1-2-16-10(8-15-12(13)14)7-9-5-3-4-6-11(9)16/h3-7H,2,8H2,1H3,(H4,13,14,15). The molecule has 16 heavy (non-hydrogen) atoms. The molecule has 1 heterocycles. The number of benzene rings is 1. The predicted molar refractivity (Wildman–Crippen MR) is 67.1 cm³/mol. The average molecular weight is 216 g/mol. The van der Waals surface area contributed by atoms with Crippen LogP contribution < -0.4 is 11.5 Å². The van der Waals surface area contributed by atoms with Crippen LogP contribution in [0.3, 0.4) is 0 Å². The lowest BCUT2D eigenvalue weighted by Gasteiger charge is -2.05. The van der Waals surface area contributed by atoms with Crippen molar-refractivity contribution >= 4 is 16.9 Å². The second-order valence-corrected chi connectivity index (χ2v) is 3.68. The van der Waals surface area contributed by atoms with Gasteiger partial charge in [0.25, 0.3) is 0 Å². The van der Waals surface area contributed by atoms with Crippen LogP contribution in [0.1, 0.15) is 12.6 Å². The summed E-state index contributed by atoms with van der Waals surface area (Å²) < 4.78 is 2.22. The lowest BCUT2D eigenvalue weighted by Crippen LogP contribution is -2.22. The van der Waals surface area contributed by atoms with Crippen LogP contribution in [-0.4, -0.2) is 10.5 Å². The van der Waals surface area contributed by atoms with Crippen molar-refractivity contribution in [1.82, 2.24) is 4.57 Å². The van der Waals surface area contributed by atoms with E-state index in [9.17, 15) is 0 Å². The van der Waals surface area contributed by atoms with E-state index in [-0.39, 0.29) is 5.96 Å². The Morgan fingerprint density at radius 2 is 2.06 bits per heavy atom. The number of hydrogen-bond acceptors (Lipinski definition) is 1. The molecule has 84 valence electrons. The second kappa shape index (κ2) is 4.26. The molecule has 0 radical (unpaired) electrons. The number of aliphatic imine (C=N–C) groups is 1. The SMILES string of the molecule is CCn1c(CN=C(N)N)cc2ccccc21. The van der Waals surface area contributed by atoms with Crippen LogP contribution in [0, 0.1) is 0 Å². The van der Waals surface area contributed by atoms with Crippen molar-refractivity contribution in [3.05, 3.63) is 36.0 Å². The zero-order valence-electron chi connectivity index (χ0n) is 9.35. The molecule has 0 atom stereocenters. The Labute approximate surface area is 94.6 Å². The molecule has 0 aliphatic heterocycles. The van der Waals surface area contributed by atoms with E-state index in [1.807, 2.05) is 12.1 Å². The molecular weight excluding hydrogens is 200 g/mol. The number of aromatic nitrogens is 1. The Kier molecular flexibility index (Phi) is 2.81. The second-order valence-electron chi connectivity index (χ2n) is 3.68. The minimum absolute atomic E-state index is 0.132. The van der Waals surface area contributed by atoms with Gasteiger partial charge < -0.3 is 16.0 Å². The maximum absolute atomic E-state index is 5.34. The first-order valence-electron chi connectivity index (χ1n) is 5.35. The third kappa shape index (κ3) is 1.86. The molecule has 4 nitrogen and oxygen atoms in total. The summed E-state index contributed by atoms with van der Waals surface area (Å²) in [5.41, 5.74) is 13.1. The van der Waals surface area contributed by atoms with Crippen molar-refractivity contribution in [2.45, 2.75) is 20.0 Å². The summed E-state index contributed by atoms with van der Waals surface area (Å²) in [5.74, 6) is 0.132. The molecule has 1 aromatic carbocycles. The topological polar surface area (TPSA) is 69.3 Å². The summed E-state index contributed by atoms with van der Waals surface area (Å²) in [6.45, 7) is 3.57. The van der Waals surface area contributed by atoms with Gasteiger partial charge in [-0.05, 0) is 24.4 Å². The first kappa shape index (κ1) is 10.5. The monoisotopic (exact) mass is 216 g/mol. The summed E-state index contributed by atoms with van der Waals surface area (Å²) in [7, 11) is 0. The summed E-state index contributed by atoms with van der Waals surface area (Å²) in [6, 6.07) is 10.4. The molecule has 0 aliphatic rings. The Balaban J connectivity index is 2.48. The van der Waals surface area contributed by atoms with Crippen LogP contribution in [-0.2, 0) is 13.1 Å². The number of rotatable bonds is 3. The van der Waals surface area contributed by atoms with Crippen molar-refractivity contribution in [1.29, 1.82) is 0 Å². The molecular formula is C12H16N4. The van der Waals surface area contributed by atoms with Gasteiger partial charge in [0.2, 0.25) is 0 Å². The first-order chi connectivity index (χ1) is 7.72. The highest BCUT2D eigenvalue weighted by atomic mass is 15.0. The van der Waals surface area contributed by atoms with Gasteiger partial charge in [-0.25, -0.2) is 4.99 Å². The van der Waals surface area contributed by atoms with Gasteiger partial charge in [0.1, 0.15) is 0 Å². The quantitative estimate of drug-likeness (QED) is 0.602. The largest absolute Gasteiger partial charge is 0.370 e. The lowest BCUT2D eigenvalue weighted by molar-refractivity contribution is 0.739. The number of para-hydroxylation sites is 1. The Hall–Kier alpha value is -1.97. The molecule has 4 heteroatoms. The van der Waals surface area contributed by atoms with E-state index < -0.39 is 0 Å². The molecule has 0 saturated carbocycles. The number of hydrogen-bond donors (Lipinski definition) is 2. The number of guanidine groups is 1. The summed E-state index contributed by atoms with van der Waals surface area (Å²) >= 11 is 0. The van der Waals surface area contributed by atoms with Gasteiger partial charge in [-0.1, -0.05) is 18.2 Å². The van der Waals surface area contributed by atoms with Crippen LogP contribution >= 0.6 is 0 Å². The van der Waals surface area contributed by atoms with Gasteiger partial charge in [0.05, 0.1) is 6.54 Å². The Morgan fingerprint density at radius 3 is 2.75 bits per heavy atom. The van der Waals surface area contributed by atoms with Crippen LogP contribution in [0.5, 0.6) is 0 Å². The van der Waals surface area contributed by atoms with Gasteiger partial charge in [-0.3, -0.25) is 0 Å². The molecule has 2 aromatic rings. The van der Waals surface area contributed by atoms with E-state index in [0.717, 1.165) is 12.2 Å². The van der Waals surface area contributed by atoms with Crippen molar-refractivity contribution in [2.75, 3.05) is 0 Å². The third-order valence-electron chi connectivity index (χ3n) is 2.64. The van der Waals surface area contributed by atoms with E-state index >= 15 is 0 Å². The van der Waals surface area contributed by atoms with Crippen molar-refractivity contribution in [3.8, 4) is 0 Å². The predicted octanol–water partition coefficient (Wildman–Crippen LogP) is 1.43. The highest BCUT2D eigenvalue weighted by molar-refractivity contribution is 5.81. The maximum atomic E-state index is 5.34. The molecule has 0 amide bonds. The van der Waals surface area contributed by atoms with Crippen LogP contribution in [0.2, 0.25) is 0 Å². The van der Waals surface area contributed by atoms with Crippen LogP contribution in [0.15, 0.2) is 35.3 Å². The highest BCUT2D eigenvalue weighted by Gasteiger charge is 2.05. The number of aryl methyl sites for hydroxylation is 1. The molecule has 1 aromatic heterocycles. The molecule has 0 aliphatic carbocycles. The normalized spacial score (nSPS) is 10.6. The first-order valence-corrected chi connectivity index (χ1v) is 5.35. The third-order valence-corrected chi connectivity index (χ3v) is 2.64. The fourth-order valence-corrected chi connectivity index (χ4v) is 1.94. The molecule has 0 unspecified atom stereocenters. The van der Waals surface area contributed by atoms with Gasteiger partial charge >= 0.3 is 0 Å². The minimum atomic E-state index is 0.132. The number of fused-ring (bicyclic) bond motifs is 1. The Morgan fingerprint density at radius 1 is 1.31 bits per heavy atom. The maximum Gasteiger partial charge on any atom is 0.186 e. The summed E-state index contributed by atoms with van der Waals surface area (Å²) in [4.78, 5) is 4.05. The van der Waals surface area contributed by atoms with Gasteiger partial charge in [0, 0.05) is 17.8 Å². The van der Waals surface area contributed by atoms with Crippen molar-refractivity contribution in [2.24, 2.45) is 16.5 Å². The smallest absolute Gasteiger partial charge is 0.186 e. The average Bonchev–Trinajstić information content (AvgIpc) is 2.63. The van der Waals surface area contributed by atoms with Gasteiger partial charge in [-0.15, -0.1) is 0 Å². The van der Waals surface area contributed by atoms with Crippen LogP contribution in [0.4, 0.5) is 0 Å². The molecule has 0 spiro atoms. The molecule has 4 N–H and O–H groups in total. The Bertz CT molecular complexity index is 521. The van der Waals surface area contributed by atoms with E-state index in [1.54, 1.807) is 0 Å². The number of nitrogens with two attached hydrogens (primary N) is 2. The highest BCUT2D eigenvalue weighted by Crippen LogP contribution is 2.20. The van der Waals surface area contributed by atoms with E-state index in [0.29, 0.717) is 6.54 Å². The summed E-state index contributed by atoms with van der Waals surface area (Å²) in [6.07, 6.45) is 0. The van der Waals surface area contributed by atoms with Crippen molar-refractivity contribution < 1.29 is 0 Å². The van der Waals surface area contributed by atoms with E-state index in [2.05, 4.69) is 34.7 Å². The molecule has 0 fully saturated rings. The molecule has 0 saturated heterocycles. The molecule has 0 bridgehead atoms. The van der Waals surface area contributed by atoms with Crippen LogP contribution in [0.25, 0.3) is 10.9 Å². The van der Waals surface area contributed by atoms with Gasteiger partial charge in [-0.2, -0.15) is 0 Å². The van der Waals surface area contributed by atoms with E-state index in [4.69, 9.17) is 11.5 Å². The lowest BCUT2D eigenvalue weighted by atomic mass is 10.2. The zero-order valence-corrected chi connectivity index (χ0v) is 9.35. The molecule has 2 rings (SSSR count).